The van der Waals surface area contributed by atoms with Crippen molar-refractivity contribution in [3.05, 3.63) is 35.4 Å². The van der Waals surface area contributed by atoms with E-state index in [2.05, 4.69) is 5.32 Å². The quantitative estimate of drug-likeness (QED) is 0.913. The molecule has 0 radical (unpaired) electrons. The molecule has 8 heteroatoms. The highest BCUT2D eigenvalue weighted by molar-refractivity contribution is 5.89. The lowest BCUT2D eigenvalue weighted by Crippen LogP contribution is -2.38. The number of carbonyl (C=O) groups is 2. The van der Waals surface area contributed by atoms with Crippen LogP contribution < -0.4 is 5.32 Å². The van der Waals surface area contributed by atoms with E-state index in [0.29, 0.717) is 10.5 Å². The van der Waals surface area contributed by atoms with Crippen molar-refractivity contribution >= 4 is 11.8 Å². The Labute approximate surface area is 137 Å². The standard InChI is InChI=1S/C16H16F3N3O2/c1-10-4-2-3-5-12(10)13(7-20)21-15(24)11-6-14(23)22(8-11)9-16(17,18)19/h2-5,11,13H,6,8-9H2,1H3,(H,21,24)/t11-,13-/m0/s1. The van der Waals surface area contributed by atoms with Crippen LogP contribution in [0.4, 0.5) is 13.2 Å². The van der Waals surface area contributed by atoms with Crippen molar-refractivity contribution in [1.82, 2.24) is 10.2 Å². The first-order valence-corrected chi connectivity index (χ1v) is 7.31. The average Bonchev–Trinajstić information content (AvgIpc) is 2.85. The van der Waals surface area contributed by atoms with Gasteiger partial charge in [-0.25, -0.2) is 0 Å². The zero-order valence-corrected chi connectivity index (χ0v) is 12.9. The summed E-state index contributed by atoms with van der Waals surface area (Å²) >= 11 is 0. The molecule has 0 unspecified atom stereocenters. The number of nitrogens with zero attached hydrogens (tertiary/aromatic N) is 2. The van der Waals surface area contributed by atoms with E-state index in [9.17, 15) is 28.0 Å². The molecule has 1 aromatic rings. The van der Waals surface area contributed by atoms with Gasteiger partial charge in [0.15, 0.2) is 0 Å². The van der Waals surface area contributed by atoms with Crippen LogP contribution in [0.15, 0.2) is 24.3 Å². The number of hydrogen-bond donors (Lipinski definition) is 1. The lowest BCUT2D eigenvalue weighted by atomic mass is 10.0. The Morgan fingerprint density at radius 3 is 2.71 bits per heavy atom. The molecule has 1 aliphatic rings. The molecular formula is C16H16F3N3O2. The number of alkyl halides is 3. The first-order chi connectivity index (χ1) is 11.2. The first-order valence-electron chi connectivity index (χ1n) is 7.31. The van der Waals surface area contributed by atoms with E-state index in [0.717, 1.165) is 5.56 Å². The molecule has 1 aliphatic heterocycles. The molecule has 0 bridgehead atoms. The summed E-state index contributed by atoms with van der Waals surface area (Å²) in [4.78, 5) is 24.5. The van der Waals surface area contributed by atoms with Crippen molar-refractivity contribution in [2.24, 2.45) is 5.92 Å². The molecule has 1 fully saturated rings. The van der Waals surface area contributed by atoms with Crippen molar-refractivity contribution in [2.75, 3.05) is 13.1 Å². The normalized spacial score (nSPS) is 19.0. The summed E-state index contributed by atoms with van der Waals surface area (Å²) < 4.78 is 37.2. The minimum atomic E-state index is -4.50. The lowest BCUT2D eigenvalue weighted by Gasteiger charge is -2.19. The predicted octanol–water partition coefficient (Wildman–Crippen LogP) is 2.09. The summed E-state index contributed by atoms with van der Waals surface area (Å²) in [5, 5.41) is 11.8. The summed E-state index contributed by atoms with van der Waals surface area (Å²) in [6.45, 7) is 0.126. The van der Waals surface area contributed by atoms with Crippen molar-refractivity contribution < 1.29 is 22.8 Å². The second-order valence-corrected chi connectivity index (χ2v) is 5.72. The summed E-state index contributed by atoms with van der Waals surface area (Å²) in [5.41, 5.74) is 1.43. The van der Waals surface area contributed by atoms with Crippen LogP contribution >= 0.6 is 0 Å². The molecule has 0 aliphatic carbocycles. The van der Waals surface area contributed by atoms with Crippen LogP contribution in [0.2, 0.25) is 0 Å². The van der Waals surface area contributed by atoms with Crippen molar-refractivity contribution in [1.29, 1.82) is 5.26 Å². The highest BCUT2D eigenvalue weighted by Crippen LogP contribution is 2.25. The fraction of sp³-hybridized carbons (Fsp3) is 0.438. The van der Waals surface area contributed by atoms with Crippen LogP contribution in [0, 0.1) is 24.2 Å². The fourth-order valence-electron chi connectivity index (χ4n) is 2.67. The molecule has 0 spiro atoms. The van der Waals surface area contributed by atoms with Gasteiger partial charge in [-0.3, -0.25) is 9.59 Å². The number of amides is 2. The minimum Gasteiger partial charge on any atom is -0.336 e. The molecule has 24 heavy (non-hydrogen) atoms. The zero-order chi connectivity index (χ0) is 17.9. The van der Waals surface area contributed by atoms with E-state index in [1.54, 1.807) is 31.2 Å². The maximum atomic E-state index is 12.4. The van der Waals surface area contributed by atoms with Crippen LogP contribution in [0.3, 0.4) is 0 Å². The Balaban J connectivity index is 2.04. The number of hydrogen-bond acceptors (Lipinski definition) is 3. The van der Waals surface area contributed by atoms with Crippen molar-refractivity contribution in [3.63, 3.8) is 0 Å². The monoisotopic (exact) mass is 339 g/mol. The largest absolute Gasteiger partial charge is 0.406 e. The van der Waals surface area contributed by atoms with E-state index in [-0.39, 0.29) is 13.0 Å². The van der Waals surface area contributed by atoms with Crippen LogP contribution in [0.1, 0.15) is 23.6 Å². The second-order valence-electron chi connectivity index (χ2n) is 5.72. The molecule has 0 aromatic heterocycles. The molecule has 1 N–H and O–H groups in total. The van der Waals surface area contributed by atoms with Gasteiger partial charge in [-0.05, 0) is 18.1 Å². The number of carbonyl (C=O) groups excluding carboxylic acids is 2. The summed E-state index contributed by atoms with van der Waals surface area (Å²) in [7, 11) is 0. The Kier molecular flexibility index (Phi) is 5.12. The Hall–Kier alpha value is -2.56. The van der Waals surface area contributed by atoms with E-state index < -0.39 is 36.5 Å². The SMILES string of the molecule is Cc1ccccc1[C@H](C#N)NC(=O)[C@H]1CC(=O)N(CC(F)(F)F)C1. The molecule has 1 heterocycles. The second kappa shape index (κ2) is 6.91. The number of nitrogens with one attached hydrogen (secondary N) is 1. The molecule has 2 atom stereocenters. The molecule has 5 nitrogen and oxygen atoms in total. The van der Waals surface area contributed by atoms with Gasteiger partial charge in [-0.15, -0.1) is 0 Å². The van der Waals surface area contributed by atoms with Gasteiger partial charge in [0, 0.05) is 13.0 Å². The van der Waals surface area contributed by atoms with E-state index >= 15 is 0 Å². The first kappa shape index (κ1) is 17.8. The molecule has 1 saturated heterocycles. The topological polar surface area (TPSA) is 73.2 Å². The van der Waals surface area contributed by atoms with Gasteiger partial charge in [0.1, 0.15) is 12.6 Å². The third kappa shape index (κ3) is 4.25. The molecule has 128 valence electrons. The third-order valence-electron chi connectivity index (χ3n) is 3.87. The summed E-state index contributed by atoms with van der Waals surface area (Å²) in [6, 6.07) is 8.05. The Morgan fingerprint density at radius 2 is 2.12 bits per heavy atom. The number of benzene rings is 1. The van der Waals surface area contributed by atoms with Gasteiger partial charge in [-0.1, -0.05) is 24.3 Å². The molecule has 0 saturated carbocycles. The third-order valence-corrected chi connectivity index (χ3v) is 3.87. The summed E-state index contributed by atoms with van der Waals surface area (Å²) in [6.07, 6.45) is -4.79. The van der Waals surface area contributed by atoms with E-state index in [4.69, 9.17) is 0 Å². The maximum Gasteiger partial charge on any atom is 0.406 e. The van der Waals surface area contributed by atoms with E-state index in [1.807, 2.05) is 6.07 Å². The molecular weight excluding hydrogens is 323 g/mol. The van der Waals surface area contributed by atoms with E-state index in [1.165, 1.54) is 0 Å². The highest BCUT2D eigenvalue weighted by atomic mass is 19.4. The number of rotatable bonds is 4. The Morgan fingerprint density at radius 1 is 1.46 bits per heavy atom. The van der Waals surface area contributed by atoms with Gasteiger partial charge >= 0.3 is 6.18 Å². The van der Waals surface area contributed by atoms with Gasteiger partial charge in [0.2, 0.25) is 11.8 Å². The predicted molar refractivity (Wildman–Crippen MR) is 78.4 cm³/mol. The van der Waals surface area contributed by atoms with Gasteiger partial charge in [0.25, 0.3) is 0 Å². The van der Waals surface area contributed by atoms with Crippen LogP contribution in [-0.4, -0.2) is 36.0 Å². The minimum absolute atomic E-state index is 0.284. The van der Waals surface area contributed by atoms with Crippen molar-refractivity contribution in [2.45, 2.75) is 25.6 Å². The molecule has 2 amide bonds. The fourth-order valence-corrected chi connectivity index (χ4v) is 2.67. The van der Waals surface area contributed by atoms with Crippen LogP contribution in [-0.2, 0) is 9.59 Å². The van der Waals surface area contributed by atoms with Gasteiger partial charge in [-0.2, -0.15) is 18.4 Å². The van der Waals surface area contributed by atoms with Gasteiger partial charge < -0.3 is 10.2 Å². The zero-order valence-electron chi connectivity index (χ0n) is 12.9. The highest BCUT2D eigenvalue weighted by Gasteiger charge is 2.40. The Bertz CT molecular complexity index is 682. The molecule has 2 rings (SSSR count). The average molecular weight is 339 g/mol. The van der Waals surface area contributed by atoms with Gasteiger partial charge in [0.05, 0.1) is 12.0 Å². The van der Waals surface area contributed by atoms with Crippen LogP contribution in [0.25, 0.3) is 0 Å². The number of nitriles is 1. The number of likely N-dealkylation sites (tertiary alicyclic amines) is 1. The molecule has 1 aromatic carbocycles. The van der Waals surface area contributed by atoms with Crippen LogP contribution in [0.5, 0.6) is 0 Å². The number of halogens is 3. The lowest BCUT2D eigenvalue weighted by molar-refractivity contribution is -0.157. The smallest absolute Gasteiger partial charge is 0.336 e. The van der Waals surface area contributed by atoms with Crippen molar-refractivity contribution in [3.8, 4) is 6.07 Å². The number of aryl methyl sites for hydroxylation is 1. The maximum absolute atomic E-state index is 12.4. The summed E-state index contributed by atoms with van der Waals surface area (Å²) in [5.74, 6) is -2.19.